The molecule has 2 heterocycles. The van der Waals surface area contributed by atoms with Gasteiger partial charge in [0.25, 0.3) is 0 Å². The summed E-state index contributed by atoms with van der Waals surface area (Å²) in [5.41, 5.74) is 7.46. The number of thioether (sulfide) groups is 1. The van der Waals surface area contributed by atoms with Gasteiger partial charge in [0.05, 0.1) is 34.5 Å². The van der Waals surface area contributed by atoms with Gasteiger partial charge < -0.3 is 16.2 Å². The Morgan fingerprint density at radius 1 is 1.28 bits per heavy atom. The van der Waals surface area contributed by atoms with Gasteiger partial charge in [0.1, 0.15) is 0 Å². The Morgan fingerprint density at radius 3 is 2.69 bits per heavy atom. The zero-order valence-corrected chi connectivity index (χ0v) is 18.1. The number of amides is 2. The summed E-state index contributed by atoms with van der Waals surface area (Å²) in [6, 6.07) is 9.60. The van der Waals surface area contributed by atoms with Crippen molar-refractivity contribution in [1.29, 1.82) is 0 Å². The Kier molecular flexibility index (Phi) is 7.37. The van der Waals surface area contributed by atoms with Crippen LogP contribution in [0.2, 0.25) is 0 Å². The van der Waals surface area contributed by atoms with Gasteiger partial charge in [0.15, 0.2) is 9.47 Å². The molecule has 29 heavy (non-hydrogen) atoms. The van der Waals surface area contributed by atoms with E-state index in [4.69, 9.17) is 5.73 Å². The number of benzene rings is 1. The van der Waals surface area contributed by atoms with Gasteiger partial charge in [-0.2, -0.15) is 0 Å². The van der Waals surface area contributed by atoms with Gasteiger partial charge >= 0.3 is 0 Å². The Labute approximate surface area is 180 Å². The van der Waals surface area contributed by atoms with Crippen LogP contribution in [0, 0.1) is 0 Å². The van der Waals surface area contributed by atoms with E-state index in [2.05, 4.69) is 15.3 Å². The number of carbonyl (C=O) groups is 2. The summed E-state index contributed by atoms with van der Waals surface area (Å²) in [7, 11) is 0. The summed E-state index contributed by atoms with van der Waals surface area (Å²) in [6.07, 6.45) is 0.718. The van der Waals surface area contributed by atoms with Crippen molar-refractivity contribution in [1.82, 2.24) is 9.97 Å². The van der Waals surface area contributed by atoms with E-state index in [0.717, 1.165) is 10.4 Å². The lowest BCUT2D eigenvalue weighted by molar-refractivity contribution is -0.117. The zero-order valence-electron chi connectivity index (χ0n) is 15.6. The first-order valence-corrected chi connectivity index (χ1v) is 11.4. The minimum Gasteiger partial charge on any atom is -0.390 e. The first-order chi connectivity index (χ1) is 14.0. The Bertz CT molecular complexity index is 988. The van der Waals surface area contributed by atoms with E-state index in [1.54, 1.807) is 5.38 Å². The quantitative estimate of drug-likeness (QED) is 0.432. The Hall–Kier alpha value is -2.27. The van der Waals surface area contributed by atoms with Crippen LogP contribution in [0.25, 0.3) is 10.4 Å². The molecule has 3 aromatic rings. The van der Waals surface area contributed by atoms with E-state index >= 15 is 0 Å². The number of aliphatic hydroxyl groups is 1. The number of nitrogens with two attached hydrogens (primary N) is 1. The minimum absolute atomic E-state index is 0.0964. The first-order valence-electron chi connectivity index (χ1n) is 8.86. The number of carbonyl (C=O) groups excluding carboxylic acids is 2. The minimum atomic E-state index is -0.371. The number of thiazole rings is 2. The maximum Gasteiger partial charge on any atom is 0.232 e. The van der Waals surface area contributed by atoms with Crippen LogP contribution in [-0.4, -0.2) is 32.1 Å². The molecule has 2 aromatic heterocycles. The summed E-state index contributed by atoms with van der Waals surface area (Å²) in [5, 5.41) is 14.3. The largest absolute Gasteiger partial charge is 0.390 e. The maximum absolute atomic E-state index is 12.4. The predicted molar refractivity (Wildman–Crippen MR) is 117 cm³/mol. The van der Waals surface area contributed by atoms with Crippen LogP contribution in [0.3, 0.4) is 0 Å². The van der Waals surface area contributed by atoms with Crippen molar-refractivity contribution in [2.24, 2.45) is 5.73 Å². The van der Waals surface area contributed by atoms with E-state index in [9.17, 15) is 14.7 Å². The van der Waals surface area contributed by atoms with Crippen LogP contribution < -0.4 is 11.1 Å². The van der Waals surface area contributed by atoms with Gasteiger partial charge in [-0.3, -0.25) is 9.59 Å². The second-order valence-electron chi connectivity index (χ2n) is 6.07. The Morgan fingerprint density at radius 2 is 2.03 bits per heavy atom. The molecule has 0 aliphatic heterocycles. The van der Waals surface area contributed by atoms with Crippen molar-refractivity contribution in [2.45, 2.75) is 36.0 Å². The first kappa shape index (κ1) is 21.4. The van der Waals surface area contributed by atoms with Crippen molar-refractivity contribution < 1.29 is 14.7 Å². The molecule has 0 saturated heterocycles. The highest BCUT2D eigenvalue weighted by atomic mass is 32.2. The van der Waals surface area contributed by atoms with Crippen molar-refractivity contribution in [3.05, 3.63) is 47.1 Å². The van der Waals surface area contributed by atoms with E-state index in [1.807, 2.05) is 37.3 Å². The number of hydrogen-bond donors (Lipinski definition) is 3. The third-order valence-corrected chi connectivity index (χ3v) is 7.40. The molecular formula is C19H20N4O3S3. The molecule has 1 atom stereocenters. The van der Waals surface area contributed by atoms with Crippen molar-refractivity contribution in [2.75, 3.05) is 5.32 Å². The highest BCUT2D eigenvalue weighted by Gasteiger charge is 2.18. The second-order valence-corrected chi connectivity index (χ2v) is 9.37. The maximum atomic E-state index is 12.4. The Balaban J connectivity index is 1.64. The normalized spacial score (nSPS) is 11.9. The number of hydrogen-bond acceptors (Lipinski definition) is 8. The highest BCUT2D eigenvalue weighted by Crippen LogP contribution is 2.33. The van der Waals surface area contributed by atoms with Crippen molar-refractivity contribution in [3.8, 4) is 10.4 Å². The number of anilines is 1. The fourth-order valence-electron chi connectivity index (χ4n) is 2.54. The topological polar surface area (TPSA) is 118 Å². The SMILES string of the molecule is CCC(Sc1nc(CC(=O)Nc2nc(CO)c(-c3ccccc3)s2)cs1)C(N)=O. The van der Waals surface area contributed by atoms with Crippen molar-refractivity contribution >= 4 is 51.4 Å². The fourth-order valence-corrected chi connectivity index (χ4v) is 5.49. The molecule has 0 saturated carbocycles. The average molecular weight is 449 g/mol. The van der Waals surface area contributed by atoms with Gasteiger partial charge in [-0.05, 0) is 12.0 Å². The van der Waals surface area contributed by atoms with Crippen LogP contribution in [0.4, 0.5) is 5.13 Å². The number of nitrogens with one attached hydrogen (secondary N) is 1. The average Bonchev–Trinajstić information content (AvgIpc) is 3.32. The lowest BCUT2D eigenvalue weighted by Crippen LogP contribution is -2.24. The van der Waals surface area contributed by atoms with Crippen molar-refractivity contribution in [3.63, 3.8) is 0 Å². The monoisotopic (exact) mass is 448 g/mol. The molecule has 0 aliphatic carbocycles. The van der Waals surface area contributed by atoms with E-state index < -0.39 is 0 Å². The van der Waals surface area contributed by atoms with Crippen LogP contribution in [-0.2, 0) is 22.6 Å². The molecule has 152 valence electrons. The summed E-state index contributed by atoms with van der Waals surface area (Å²) in [4.78, 5) is 33.3. The molecule has 10 heteroatoms. The molecule has 1 aromatic carbocycles. The molecule has 0 aliphatic rings. The molecule has 0 fully saturated rings. The van der Waals surface area contributed by atoms with Gasteiger partial charge in [-0.25, -0.2) is 9.97 Å². The molecule has 0 spiro atoms. The van der Waals surface area contributed by atoms with Gasteiger partial charge in [-0.1, -0.05) is 60.4 Å². The highest BCUT2D eigenvalue weighted by molar-refractivity contribution is 8.02. The fraction of sp³-hybridized carbons (Fsp3) is 0.263. The van der Waals surface area contributed by atoms with E-state index in [1.165, 1.54) is 34.4 Å². The van der Waals surface area contributed by atoms with Crippen LogP contribution in [0.1, 0.15) is 24.7 Å². The molecule has 0 radical (unpaired) electrons. The molecular weight excluding hydrogens is 428 g/mol. The summed E-state index contributed by atoms with van der Waals surface area (Å²) in [6.45, 7) is 1.69. The zero-order chi connectivity index (χ0) is 20.8. The summed E-state index contributed by atoms with van der Waals surface area (Å²) < 4.78 is 0.710. The predicted octanol–water partition coefficient (Wildman–Crippen LogP) is 3.30. The lowest BCUT2D eigenvalue weighted by atomic mass is 10.1. The number of aromatic nitrogens is 2. The van der Waals surface area contributed by atoms with Gasteiger partial charge in [0.2, 0.25) is 11.8 Å². The van der Waals surface area contributed by atoms with Gasteiger partial charge in [0, 0.05) is 5.38 Å². The lowest BCUT2D eigenvalue weighted by Gasteiger charge is -2.06. The second kappa shape index (κ2) is 9.97. The molecule has 1 unspecified atom stereocenters. The van der Waals surface area contributed by atoms with Crippen LogP contribution >= 0.6 is 34.4 Å². The summed E-state index contributed by atoms with van der Waals surface area (Å²) >= 11 is 4.02. The van der Waals surface area contributed by atoms with E-state index in [0.29, 0.717) is 27.3 Å². The molecule has 7 nitrogen and oxygen atoms in total. The summed E-state index contributed by atoms with van der Waals surface area (Å²) in [5.74, 6) is -0.615. The number of aliphatic hydroxyl groups excluding tert-OH is 1. The van der Waals surface area contributed by atoms with Gasteiger partial charge in [-0.15, -0.1) is 11.3 Å². The number of rotatable bonds is 9. The smallest absolute Gasteiger partial charge is 0.232 e. The third-order valence-electron chi connectivity index (χ3n) is 3.93. The molecule has 0 bridgehead atoms. The molecule has 2 amide bonds. The molecule has 4 N–H and O–H groups in total. The number of primary amides is 1. The third kappa shape index (κ3) is 5.63. The van der Waals surface area contributed by atoms with Crippen LogP contribution in [0.15, 0.2) is 40.1 Å². The van der Waals surface area contributed by atoms with E-state index in [-0.39, 0.29) is 30.1 Å². The van der Waals surface area contributed by atoms with Crippen LogP contribution in [0.5, 0.6) is 0 Å². The standard InChI is InChI=1S/C19H20N4O3S3/c1-2-14(17(20)26)28-19-21-12(10-27-19)8-15(25)23-18-22-13(9-24)16(29-18)11-6-4-3-5-7-11/h3-7,10,14,24H,2,8-9H2,1H3,(H2,20,26)(H,22,23,25). The number of nitrogens with zero attached hydrogens (tertiary/aromatic N) is 2. The molecule has 3 rings (SSSR count).